The molecule has 0 aliphatic heterocycles. The lowest BCUT2D eigenvalue weighted by molar-refractivity contribution is 0.473. The van der Waals surface area contributed by atoms with Crippen LogP contribution in [-0.4, -0.2) is 6.54 Å². The Labute approximate surface area is 128 Å². The summed E-state index contributed by atoms with van der Waals surface area (Å²) in [5, 5.41) is 3.35. The fourth-order valence-corrected chi connectivity index (χ4v) is 2.19. The average Bonchev–Trinajstić information content (AvgIpc) is 2.41. The maximum Gasteiger partial charge on any atom is 0.131 e. The second-order valence-corrected chi connectivity index (χ2v) is 5.69. The molecule has 3 heteroatoms. The molecule has 0 aromatic heterocycles. The van der Waals surface area contributed by atoms with Crippen molar-refractivity contribution in [1.82, 2.24) is 5.32 Å². The van der Waals surface area contributed by atoms with Crippen molar-refractivity contribution in [3.63, 3.8) is 0 Å². The zero-order valence-corrected chi connectivity index (χ0v) is 13.4. The summed E-state index contributed by atoms with van der Waals surface area (Å²) < 4.78 is 7.18. The van der Waals surface area contributed by atoms with Crippen molar-refractivity contribution in [2.24, 2.45) is 0 Å². The summed E-state index contributed by atoms with van der Waals surface area (Å²) in [7, 11) is 0. The smallest absolute Gasteiger partial charge is 0.131 e. The SMILES string of the molecule is CCNCc1cc(C)ccc1Oc1ccc(I)cc1. The standard InChI is InChI=1S/C16H18INO/c1-3-18-11-13-10-12(2)4-9-16(13)19-15-7-5-14(17)6-8-15/h4-10,18H,3,11H2,1-2H3. The van der Waals surface area contributed by atoms with E-state index in [9.17, 15) is 0 Å². The van der Waals surface area contributed by atoms with Gasteiger partial charge in [-0.1, -0.05) is 24.6 Å². The molecule has 2 aromatic rings. The van der Waals surface area contributed by atoms with Crippen LogP contribution in [0, 0.1) is 10.5 Å². The minimum absolute atomic E-state index is 0.831. The van der Waals surface area contributed by atoms with Gasteiger partial charge < -0.3 is 10.1 Å². The molecule has 0 aliphatic rings. The molecule has 2 aromatic carbocycles. The zero-order valence-electron chi connectivity index (χ0n) is 11.2. The number of halogens is 1. The summed E-state index contributed by atoms with van der Waals surface area (Å²) in [6, 6.07) is 14.4. The van der Waals surface area contributed by atoms with Gasteiger partial charge in [0.1, 0.15) is 11.5 Å². The van der Waals surface area contributed by atoms with E-state index in [0.717, 1.165) is 24.6 Å². The fraction of sp³-hybridized carbons (Fsp3) is 0.250. The molecule has 0 aliphatic carbocycles. The third-order valence-electron chi connectivity index (χ3n) is 2.82. The Morgan fingerprint density at radius 3 is 2.53 bits per heavy atom. The molecule has 0 heterocycles. The summed E-state index contributed by atoms with van der Waals surface area (Å²) in [6.45, 7) is 5.99. The van der Waals surface area contributed by atoms with Crippen LogP contribution < -0.4 is 10.1 Å². The van der Waals surface area contributed by atoms with Crippen molar-refractivity contribution in [3.05, 3.63) is 57.2 Å². The first-order chi connectivity index (χ1) is 9.19. The van der Waals surface area contributed by atoms with Crippen LogP contribution in [0.1, 0.15) is 18.1 Å². The summed E-state index contributed by atoms with van der Waals surface area (Å²) in [5.41, 5.74) is 2.45. The summed E-state index contributed by atoms with van der Waals surface area (Å²) in [6.07, 6.45) is 0. The third-order valence-corrected chi connectivity index (χ3v) is 3.54. The summed E-state index contributed by atoms with van der Waals surface area (Å²) in [4.78, 5) is 0. The predicted molar refractivity (Wildman–Crippen MR) is 87.8 cm³/mol. The van der Waals surface area contributed by atoms with Crippen LogP contribution in [-0.2, 0) is 6.54 Å². The fourth-order valence-electron chi connectivity index (χ4n) is 1.84. The van der Waals surface area contributed by atoms with Crippen LogP contribution in [0.5, 0.6) is 11.5 Å². The Balaban J connectivity index is 2.20. The Morgan fingerprint density at radius 1 is 1.11 bits per heavy atom. The molecule has 0 saturated heterocycles. The van der Waals surface area contributed by atoms with Gasteiger partial charge in [-0.25, -0.2) is 0 Å². The lowest BCUT2D eigenvalue weighted by atomic mass is 10.1. The number of hydrogen-bond donors (Lipinski definition) is 1. The third kappa shape index (κ3) is 4.21. The van der Waals surface area contributed by atoms with Gasteiger partial charge in [-0.2, -0.15) is 0 Å². The quantitative estimate of drug-likeness (QED) is 0.786. The molecule has 0 fully saturated rings. The van der Waals surface area contributed by atoms with E-state index >= 15 is 0 Å². The molecule has 0 bridgehead atoms. The van der Waals surface area contributed by atoms with Gasteiger partial charge in [-0.05, 0) is 66.4 Å². The van der Waals surface area contributed by atoms with E-state index in [4.69, 9.17) is 4.74 Å². The second kappa shape index (κ2) is 6.91. The van der Waals surface area contributed by atoms with Crippen molar-refractivity contribution >= 4 is 22.6 Å². The highest BCUT2D eigenvalue weighted by Crippen LogP contribution is 2.26. The molecule has 19 heavy (non-hydrogen) atoms. The number of ether oxygens (including phenoxy) is 1. The number of hydrogen-bond acceptors (Lipinski definition) is 2. The molecule has 1 N–H and O–H groups in total. The maximum absolute atomic E-state index is 5.97. The molecule has 2 rings (SSSR count). The zero-order chi connectivity index (χ0) is 13.7. The second-order valence-electron chi connectivity index (χ2n) is 4.45. The van der Waals surface area contributed by atoms with Gasteiger partial charge in [0.25, 0.3) is 0 Å². The highest BCUT2D eigenvalue weighted by atomic mass is 127. The molecule has 0 saturated carbocycles. The van der Waals surface area contributed by atoms with Crippen molar-refractivity contribution < 1.29 is 4.74 Å². The Hall–Kier alpha value is -1.07. The van der Waals surface area contributed by atoms with E-state index in [0.29, 0.717) is 0 Å². The number of rotatable bonds is 5. The predicted octanol–water partition coefficient (Wildman–Crippen LogP) is 4.50. The number of benzene rings is 2. The minimum atomic E-state index is 0.831. The van der Waals surface area contributed by atoms with Gasteiger partial charge in [-0.15, -0.1) is 0 Å². The van der Waals surface area contributed by atoms with Crippen LogP contribution >= 0.6 is 22.6 Å². The van der Waals surface area contributed by atoms with Crippen LogP contribution in [0.15, 0.2) is 42.5 Å². The molecule has 0 radical (unpaired) electrons. The Bertz CT molecular complexity index is 537. The van der Waals surface area contributed by atoms with Crippen molar-refractivity contribution in [2.45, 2.75) is 20.4 Å². The van der Waals surface area contributed by atoms with Crippen molar-refractivity contribution in [2.75, 3.05) is 6.54 Å². The summed E-state index contributed by atoms with van der Waals surface area (Å²) >= 11 is 2.29. The van der Waals surface area contributed by atoms with Gasteiger partial charge in [-0.3, -0.25) is 0 Å². The molecule has 100 valence electrons. The highest BCUT2D eigenvalue weighted by molar-refractivity contribution is 14.1. The summed E-state index contributed by atoms with van der Waals surface area (Å²) in [5.74, 6) is 1.80. The first-order valence-electron chi connectivity index (χ1n) is 6.42. The topological polar surface area (TPSA) is 21.3 Å². The van der Waals surface area contributed by atoms with E-state index in [-0.39, 0.29) is 0 Å². The average molecular weight is 367 g/mol. The van der Waals surface area contributed by atoms with Crippen LogP contribution in [0.4, 0.5) is 0 Å². The first kappa shape index (κ1) is 14.3. The highest BCUT2D eigenvalue weighted by Gasteiger charge is 2.05. The normalized spacial score (nSPS) is 10.5. The Kier molecular flexibility index (Phi) is 5.22. The van der Waals surface area contributed by atoms with E-state index in [1.807, 2.05) is 30.3 Å². The van der Waals surface area contributed by atoms with Crippen molar-refractivity contribution in [3.8, 4) is 11.5 Å². The lowest BCUT2D eigenvalue weighted by Crippen LogP contribution is -2.12. The van der Waals surface area contributed by atoms with Gasteiger partial charge in [0.05, 0.1) is 0 Å². The van der Waals surface area contributed by atoms with Crippen LogP contribution in [0.2, 0.25) is 0 Å². The van der Waals surface area contributed by atoms with Gasteiger partial charge >= 0.3 is 0 Å². The van der Waals surface area contributed by atoms with Gasteiger partial charge in [0.15, 0.2) is 0 Å². The maximum atomic E-state index is 5.97. The van der Waals surface area contributed by atoms with E-state index in [1.54, 1.807) is 0 Å². The van der Waals surface area contributed by atoms with Crippen molar-refractivity contribution in [1.29, 1.82) is 0 Å². The van der Waals surface area contributed by atoms with Gasteiger partial charge in [0.2, 0.25) is 0 Å². The molecule has 0 unspecified atom stereocenters. The van der Waals surface area contributed by atoms with E-state index in [2.05, 4.69) is 53.9 Å². The Morgan fingerprint density at radius 2 is 1.84 bits per heavy atom. The molecule has 0 atom stereocenters. The minimum Gasteiger partial charge on any atom is -0.457 e. The molecule has 2 nitrogen and oxygen atoms in total. The molecular weight excluding hydrogens is 349 g/mol. The number of nitrogens with one attached hydrogen (secondary N) is 1. The largest absolute Gasteiger partial charge is 0.457 e. The number of aryl methyl sites for hydroxylation is 1. The molecule has 0 spiro atoms. The van der Waals surface area contributed by atoms with Crippen LogP contribution in [0.25, 0.3) is 0 Å². The molecular formula is C16H18INO. The van der Waals surface area contributed by atoms with Crippen LogP contribution in [0.3, 0.4) is 0 Å². The first-order valence-corrected chi connectivity index (χ1v) is 7.50. The lowest BCUT2D eigenvalue weighted by Gasteiger charge is -2.12. The van der Waals surface area contributed by atoms with E-state index < -0.39 is 0 Å². The molecule has 0 amide bonds. The van der Waals surface area contributed by atoms with E-state index in [1.165, 1.54) is 14.7 Å². The monoisotopic (exact) mass is 367 g/mol. The van der Waals surface area contributed by atoms with Gasteiger partial charge in [0, 0.05) is 15.7 Å².